The maximum absolute atomic E-state index is 12.3. The Morgan fingerprint density at radius 1 is 0.809 bits per heavy atom. The number of esters is 3. The predicted octanol–water partition coefficient (Wildman–Crippen LogP) is 3.37. The number of allylic oxidation sites excluding steroid dienone is 4. The van der Waals surface area contributed by atoms with Crippen LogP contribution < -0.4 is 10.7 Å². The van der Waals surface area contributed by atoms with E-state index in [0.29, 0.717) is 63.1 Å². The van der Waals surface area contributed by atoms with Crippen LogP contribution in [0.5, 0.6) is 5.88 Å². The van der Waals surface area contributed by atoms with Gasteiger partial charge in [0.05, 0.1) is 38.4 Å². The molecule has 0 aromatic carbocycles. The third kappa shape index (κ3) is 7.01. The van der Waals surface area contributed by atoms with E-state index in [4.69, 9.17) is 19.2 Å². The Labute approximate surface area is 271 Å². The van der Waals surface area contributed by atoms with Gasteiger partial charge in [0.1, 0.15) is 5.56 Å². The van der Waals surface area contributed by atoms with Crippen LogP contribution in [0, 0.1) is 13.8 Å². The number of H-pyrrole nitrogens is 2. The first-order valence-electron chi connectivity index (χ1n) is 14.9. The number of carbonyl (C=O) groups is 4. The molecule has 2 aromatic rings. The Morgan fingerprint density at radius 3 is 2.06 bits per heavy atom. The number of aliphatic imine (C=N–C) groups is 2. The average molecular weight is 643 g/mol. The molecule has 12 heteroatoms. The molecule has 0 unspecified atom stereocenters. The van der Waals surface area contributed by atoms with Gasteiger partial charge in [-0.1, -0.05) is 12.7 Å². The second-order valence-electron chi connectivity index (χ2n) is 11.1. The van der Waals surface area contributed by atoms with E-state index in [9.17, 15) is 24.3 Å². The number of rotatable bonds is 11. The zero-order chi connectivity index (χ0) is 34.6. The Balaban J connectivity index is 1.90. The number of aromatic nitrogens is 2. The monoisotopic (exact) mass is 642 g/mol. The molecule has 0 bridgehead atoms. The Bertz CT molecular complexity index is 1980. The summed E-state index contributed by atoms with van der Waals surface area (Å²) in [7, 11) is 3.89. The van der Waals surface area contributed by atoms with Gasteiger partial charge in [0.15, 0.2) is 0 Å². The van der Waals surface area contributed by atoms with Crippen LogP contribution in [0.1, 0.15) is 65.9 Å². The summed E-state index contributed by atoms with van der Waals surface area (Å²) in [4.78, 5) is 64.1. The average Bonchev–Trinajstić information content (AvgIpc) is 3.70. The highest BCUT2D eigenvalue weighted by Crippen LogP contribution is 2.33. The summed E-state index contributed by atoms with van der Waals surface area (Å²) in [6.45, 7) is 11.0. The van der Waals surface area contributed by atoms with E-state index in [2.05, 4.69) is 21.5 Å². The Morgan fingerprint density at radius 2 is 1.45 bits per heavy atom. The van der Waals surface area contributed by atoms with Crippen LogP contribution in [0.4, 0.5) is 0 Å². The van der Waals surface area contributed by atoms with Crippen molar-refractivity contribution in [3.8, 4) is 5.88 Å². The van der Waals surface area contributed by atoms with Crippen LogP contribution in [0.15, 0.2) is 50.6 Å². The molecular formula is C35H38N4O8. The minimum atomic E-state index is -0.685. The number of amides is 1. The molecule has 2 aromatic heterocycles. The summed E-state index contributed by atoms with van der Waals surface area (Å²) in [5, 5.41) is 11.8. The number of carbonyl (C=O) groups excluding carboxylic acids is 4. The van der Waals surface area contributed by atoms with Crippen molar-refractivity contribution in [1.82, 2.24) is 9.97 Å². The van der Waals surface area contributed by atoms with Gasteiger partial charge in [0, 0.05) is 40.4 Å². The van der Waals surface area contributed by atoms with Crippen molar-refractivity contribution < 1.29 is 38.5 Å². The number of nitrogens with one attached hydrogen (secondary N) is 2. The predicted molar refractivity (Wildman–Crippen MR) is 177 cm³/mol. The van der Waals surface area contributed by atoms with Crippen molar-refractivity contribution in [2.24, 2.45) is 9.98 Å². The molecule has 0 spiro atoms. The standard InChI is InChI=1S/C35H38N4O8/c1-9-21-19(4)33(42)39-27(21)14-24-17(2)22(10-12-30(40)45-6)28(36-24)15-25-18(3)23(11-13-31(41)46-7)29(37-25)16-26-20(5)32(34(43)38-26)35(44)47-8/h9,14-16,36,38,43H,1,10-13H2,2-8H3/b24-14+,28-15-,29-16+. The molecule has 0 radical (unpaired) electrons. The summed E-state index contributed by atoms with van der Waals surface area (Å²) < 4.78 is 14.6. The lowest BCUT2D eigenvalue weighted by Crippen LogP contribution is -2.16. The van der Waals surface area contributed by atoms with Crippen molar-refractivity contribution in [2.75, 3.05) is 21.3 Å². The lowest BCUT2D eigenvalue weighted by molar-refractivity contribution is -0.141. The fourth-order valence-corrected chi connectivity index (χ4v) is 5.56. The van der Waals surface area contributed by atoms with Gasteiger partial charge in [-0.15, -0.1) is 0 Å². The van der Waals surface area contributed by atoms with Crippen molar-refractivity contribution >= 4 is 53.5 Å². The maximum atomic E-state index is 12.3. The van der Waals surface area contributed by atoms with E-state index in [1.165, 1.54) is 21.3 Å². The molecule has 4 heterocycles. The fourth-order valence-electron chi connectivity index (χ4n) is 5.56. The Hall–Kier alpha value is -5.52. The van der Waals surface area contributed by atoms with Crippen LogP contribution in [0.3, 0.4) is 0 Å². The van der Waals surface area contributed by atoms with Gasteiger partial charge in [-0.2, -0.15) is 0 Å². The van der Waals surface area contributed by atoms with Gasteiger partial charge in [0.2, 0.25) is 5.88 Å². The highest BCUT2D eigenvalue weighted by atomic mass is 16.5. The van der Waals surface area contributed by atoms with E-state index < -0.39 is 5.97 Å². The molecule has 3 N–H and O–H groups in total. The second-order valence-corrected chi connectivity index (χ2v) is 11.1. The Kier molecular flexibility index (Phi) is 10.4. The highest BCUT2D eigenvalue weighted by Gasteiger charge is 2.25. The zero-order valence-corrected chi connectivity index (χ0v) is 27.5. The quantitative estimate of drug-likeness (QED) is 0.247. The molecule has 12 nitrogen and oxygen atoms in total. The molecule has 2 aliphatic heterocycles. The molecule has 0 atom stereocenters. The van der Waals surface area contributed by atoms with E-state index in [0.717, 1.165) is 22.3 Å². The zero-order valence-electron chi connectivity index (χ0n) is 27.5. The number of aromatic amines is 2. The smallest absolute Gasteiger partial charge is 0.343 e. The fraction of sp³-hybridized carbons (Fsp3) is 0.314. The molecule has 0 saturated carbocycles. The molecule has 47 heavy (non-hydrogen) atoms. The number of methoxy groups -OCH3 is 3. The van der Waals surface area contributed by atoms with Crippen LogP contribution >= 0.6 is 0 Å². The molecular weight excluding hydrogens is 604 g/mol. The third-order valence-electron chi connectivity index (χ3n) is 8.38. The summed E-state index contributed by atoms with van der Waals surface area (Å²) in [6.07, 6.45) is 7.89. The molecule has 0 fully saturated rings. The van der Waals surface area contributed by atoms with Gasteiger partial charge in [-0.05, 0) is 86.6 Å². The highest BCUT2D eigenvalue weighted by molar-refractivity contribution is 6.32. The summed E-state index contributed by atoms with van der Waals surface area (Å²) >= 11 is 0. The molecule has 0 saturated heterocycles. The first kappa shape index (κ1) is 34.4. The van der Waals surface area contributed by atoms with Gasteiger partial charge in [0.25, 0.3) is 5.91 Å². The topological polar surface area (TPSA) is 172 Å². The van der Waals surface area contributed by atoms with Gasteiger partial charge in [-0.25, -0.2) is 14.8 Å². The van der Waals surface area contributed by atoms with Gasteiger partial charge in [-0.3, -0.25) is 14.4 Å². The number of hydrogen-bond donors (Lipinski definition) is 3. The summed E-state index contributed by atoms with van der Waals surface area (Å²) in [5.41, 5.74) is 7.00. The summed E-state index contributed by atoms with van der Waals surface area (Å²) in [6, 6.07) is 0. The number of hydrogen-bond acceptors (Lipinski definition) is 9. The van der Waals surface area contributed by atoms with Crippen molar-refractivity contribution in [1.29, 1.82) is 0 Å². The first-order chi connectivity index (χ1) is 22.3. The summed E-state index contributed by atoms with van der Waals surface area (Å²) in [5.74, 6) is -2.08. The number of nitrogens with zero attached hydrogens (tertiary/aromatic N) is 2. The second kappa shape index (κ2) is 14.3. The minimum Gasteiger partial charge on any atom is -0.494 e. The van der Waals surface area contributed by atoms with Gasteiger partial charge >= 0.3 is 17.9 Å². The largest absolute Gasteiger partial charge is 0.494 e. The molecule has 0 aliphatic carbocycles. The SMILES string of the molecule is C=CC1=C(C)C(=O)N=C1/C=c1/[nH]/c(=C\C2=NC(=C/c3[nH]c(O)c(C(=O)OC)c3C)/C(CCC(=O)OC)=C2C)c(CCC(=O)OC)c1C. The van der Waals surface area contributed by atoms with Crippen molar-refractivity contribution in [2.45, 2.75) is 53.4 Å². The lowest BCUT2D eigenvalue weighted by Gasteiger charge is -2.06. The number of ether oxygens (including phenoxy) is 3. The van der Waals surface area contributed by atoms with E-state index in [1.807, 2.05) is 19.9 Å². The first-order valence-corrected chi connectivity index (χ1v) is 14.9. The van der Waals surface area contributed by atoms with E-state index >= 15 is 0 Å². The van der Waals surface area contributed by atoms with Crippen LogP contribution in [-0.2, 0) is 35.0 Å². The maximum Gasteiger partial charge on any atom is 0.343 e. The minimum absolute atomic E-state index is 0.0176. The molecule has 246 valence electrons. The van der Waals surface area contributed by atoms with E-state index in [-0.39, 0.29) is 42.1 Å². The van der Waals surface area contributed by atoms with Crippen LogP contribution in [-0.4, -0.2) is 71.6 Å². The normalized spacial score (nSPS) is 16.3. The molecule has 4 rings (SSSR count). The van der Waals surface area contributed by atoms with Crippen molar-refractivity contribution in [3.63, 3.8) is 0 Å². The van der Waals surface area contributed by atoms with Crippen LogP contribution in [0.2, 0.25) is 0 Å². The number of aromatic hydroxyl groups is 1. The molecule has 1 amide bonds. The van der Waals surface area contributed by atoms with Crippen molar-refractivity contribution in [3.05, 3.63) is 79.3 Å². The van der Waals surface area contributed by atoms with Gasteiger partial charge < -0.3 is 29.3 Å². The molecule has 2 aliphatic rings. The van der Waals surface area contributed by atoms with E-state index in [1.54, 1.807) is 32.1 Å². The lowest BCUT2D eigenvalue weighted by atomic mass is 9.99. The van der Waals surface area contributed by atoms with Crippen LogP contribution in [0.25, 0.3) is 18.2 Å². The third-order valence-corrected chi connectivity index (χ3v) is 8.38.